The standard InChI is InChI=1S/C16H17N3O2S/c1-10-8-9-12-15(14(10)17-16(20)18-19(2)3)22-13-7-5-4-6-11(13)21-12/h4-9H,1-3H3,(H2,17,18,20). The number of hydrogen-bond donors (Lipinski definition) is 2. The number of amides is 2. The molecule has 114 valence electrons. The molecule has 3 rings (SSSR count). The second-order valence-corrected chi connectivity index (χ2v) is 6.25. The van der Waals surface area contributed by atoms with Crippen molar-refractivity contribution in [2.24, 2.45) is 0 Å². The number of anilines is 1. The minimum Gasteiger partial charge on any atom is -0.455 e. The smallest absolute Gasteiger partial charge is 0.333 e. The zero-order valence-electron chi connectivity index (χ0n) is 12.6. The normalized spacial score (nSPS) is 12.2. The maximum atomic E-state index is 12.0. The molecule has 2 amide bonds. The van der Waals surface area contributed by atoms with Gasteiger partial charge in [0.1, 0.15) is 11.5 Å². The Bertz CT molecular complexity index is 731. The van der Waals surface area contributed by atoms with E-state index in [0.717, 1.165) is 32.5 Å². The molecule has 1 aliphatic rings. The van der Waals surface area contributed by atoms with E-state index in [4.69, 9.17) is 4.74 Å². The second kappa shape index (κ2) is 5.90. The summed E-state index contributed by atoms with van der Waals surface area (Å²) in [5.74, 6) is 1.60. The van der Waals surface area contributed by atoms with Crippen LogP contribution in [0.15, 0.2) is 46.2 Å². The third kappa shape index (κ3) is 2.88. The number of carbonyl (C=O) groups excluding carboxylic acids is 1. The Morgan fingerprint density at radius 3 is 2.68 bits per heavy atom. The summed E-state index contributed by atoms with van der Waals surface area (Å²) >= 11 is 1.60. The predicted octanol–water partition coefficient (Wildman–Crippen LogP) is 3.85. The molecule has 0 saturated carbocycles. The van der Waals surface area contributed by atoms with Gasteiger partial charge in [-0.1, -0.05) is 30.0 Å². The fourth-order valence-corrected chi connectivity index (χ4v) is 3.29. The third-order valence-corrected chi connectivity index (χ3v) is 4.34. The van der Waals surface area contributed by atoms with E-state index in [1.807, 2.05) is 43.3 Å². The number of hydrazine groups is 1. The first-order chi connectivity index (χ1) is 10.5. The van der Waals surface area contributed by atoms with Crippen molar-refractivity contribution < 1.29 is 9.53 Å². The van der Waals surface area contributed by atoms with E-state index >= 15 is 0 Å². The summed E-state index contributed by atoms with van der Waals surface area (Å²) in [5.41, 5.74) is 4.44. The summed E-state index contributed by atoms with van der Waals surface area (Å²) in [6.45, 7) is 1.96. The van der Waals surface area contributed by atoms with E-state index in [2.05, 4.69) is 10.7 Å². The van der Waals surface area contributed by atoms with Crippen LogP contribution in [0.4, 0.5) is 10.5 Å². The van der Waals surface area contributed by atoms with Gasteiger partial charge in [0.05, 0.1) is 15.5 Å². The van der Waals surface area contributed by atoms with E-state index in [1.54, 1.807) is 30.9 Å². The molecule has 22 heavy (non-hydrogen) atoms. The van der Waals surface area contributed by atoms with Gasteiger partial charge in [0.15, 0.2) is 0 Å². The molecular weight excluding hydrogens is 298 g/mol. The van der Waals surface area contributed by atoms with Gasteiger partial charge >= 0.3 is 6.03 Å². The summed E-state index contributed by atoms with van der Waals surface area (Å²) in [6.07, 6.45) is 0. The maximum absolute atomic E-state index is 12.0. The SMILES string of the molecule is Cc1ccc2c(c1NC(=O)NN(C)C)Sc1ccccc1O2. The van der Waals surface area contributed by atoms with Gasteiger partial charge in [-0.05, 0) is 30.7 Å². The molecule has 0 saturated heterocycles. The Morgan fingerprint density at radius 2 is 1.91 bits per heavy atom. The summed E-state index contributed by atoms with van der Waals surface area (Å²) in [5, 5.41) is 4.50. The average molecular weight is 315 g/mol. The van der Waals surface area contributed by atoms with Crippen molar-refractivity contribution in [3.63, 3.8) is 0 Å². The highest BCUT2D eigenvalue weighted by molar-refractivity contribution is 7.99. The Kier molecular flexibility index (Phi) is 3.96. The molecular formula is C16H17N3O2S. The average Bonchev–Trinajstić information content (AvgIpc) is 2.48. The van der Waals surface area contributed by atoms with Crippen molar-refractivity contribution in [1.29, 1.82) is 0 Å². The highest BCUT2D eigenvalue weighted by Crippen LogP contribution is 2.50. The van der Waals surface area contributed by atoms with Gasteiger partial charge in [0, 0.05) is 14.1 Å². The lowest BCUT2D eigenvalue weighted by Crippen LogP contribution is -2.39. The first-order valence-corrected chi connectivity index (χ1v) is 7.69. The molecule has 6 heteroatoms. The van der Waals surface area contributed by atoms with E-state index in [1.165, 1.54) is 0 Å². The Labute approximate surface area is 133 Å². The van der Waals surface area contributed by atoms with Crippen LogP contribution in [0.2, 0.25) is 0 Å². The van der Waals surface area contributed by atoms with Crippen LogP contribution >= 0.6 is 11.8 Å². The topological polar surface area (TPSA) is 53.6 Å². The van der Waals surface area contributed by atoms with Gasteiger partial charge in [-0.2, -0.15) is 0 Å². The van der Waals surface area contributed by atoms with Crippen molar-refractivity contribution in [2.45, 2.75) is 16.7 Å². The molecule has 0 spiro atoms. The molecule has 0 aromatic heterocycles. The van der Waals surface area contributed by atoms with E-state index in [9.17, 15) is 4.79 Å². The lowest BCUT2D eigenvalue weighted by Gasteiger charge is -2.23. The minimum absolute atomic E-state index is 0.277. The number of urea groups is 1. The number of nitrogens with zero attached hydrogens (tertiary/aromatic N) is 1. The zero-order valence-corrected chi connectivity index (χ0v) is 13.5. The lowest BCUT2D eigenvalue weighted by molar-refractivity contribution is 0.224. The molecule has 0 unspecified atom stereocenters. The molecule has 1 heterocycles. The van der Waals surface area contributed by atoms with Gasteiger partial charge < -0.3 is 10.1 Å². The Balaban J connectivity index is 1.94. The molecule has 2 N–H and O–H groups in total. The highest BCUT2D eigenvalue weighted by atomic mass is 32.2. The Morgan fingerprint density at radius 1 is 1.14 bits per heavy atom. The number of carbonyl (C=O) groups is 1. The molecule has 0 radical (unpaired) electrons. The molecule has 0 atom stereocenters. The van der Waals surface area contributed by atoms with Crippen LogP contribution in [0.1, 0.15) is 5.56 Å². The van der Waals surface area contributed by atoms with Crippen LogP contribution in [0, 0.1) is 6.92 Å². The molecule has 2 aromatic carbocycles. The Hall–Kier alpha value is -2.18. The van der Waals surface area contributed by atoms with Gasteiger partial charge in [0.25, 0.3) is 0 Å². The van der Waals surface area contributed by atoms with Crippen LogP contribution in [-0.2, 0) is 0 Å². The highest BCUT2D eigenvalue weighted by Gasteiger charge is 2.22. The van der Waals surface area contributed by atoms with E-state index in [-0.39, 0.29) is 6.03 Å². The lowest BCUT2D eigenvalue weighted by atomic mass is 10.2. The van der Waals surface area contributed by atoms with Crippen LogP contribution in [-0.4, -0.2) is 25.1 Å². The van der Waals surface area contributed by atoms with Crippen LogP contribution in [0.3, 0.4) is 0 Å². The van der Waals surface area contributed by atoms with Crippen LogP contribution < -0.4 is 15.5 Å². The number of rotatable bonds is 2. The molecule has 0 fully saturated rings. The van der Waals surface area contributed by atoms with Gasteiger partial charge in [-0.15, -0.1) is 0 Å². The van der Waals surface area contributed by atoms with Gasteiger partial charge in [-0.25, -0.2) is 9.80 Å². The fourth-order valence-electron chi connectivity index (χ4n) is 2.19. The summed E-state index contributed by atoms with van der Waals surface area (Å²) in [4.78, 5) is 14.0. The number of nitrogens with one attached hydrogen (secondary N) is 2. The van der Waals surface area contributed by atoms with Crippen molar-refractivity contribution in [3.8, 4) is 11.5 Å². The predicted molar refractivity (Wildman–Crippen MR) is 87.7 cm³/mol. The van der Waals surface area contributed by atoms with E-state index < -0.39 is 0 Å². The van der Waals surface area contributed by atoms with E-state index in [0.29, 0.717) is 0 Å². The van der Waals surface area contributed by atoms with Crippen LogP contribution in [0.25, 0.3) is 0 Å². The molecule has 0 aliphatic carbocycles. The zero-order chi connectivity index (χ0) is 15.7. The largest absolute Gasteiger partial charge is 0.455 e. The fraction of sp³-hybridized carbons (Fsp3) is 0.188. The first kappa shape index (κ1) is 14.7. The number of ether oxygens (including phenoxy) is 1. The molecule has 1 aliphatic heterocycles. The number of fused-ring (bicyclic) bond motifs is 2. The number of para-hydroxylation sites is 1. The molecule has 0 bridgehead atoms. The minimum atomic E-state index is -0.277. The van der Waals surface area contributed by atoms with Gasteiger partial charge in [0.2, 0.25) is 0 Å². The summed E-state index contributed by atoms with van der Waals surface area (Å²) in [7, 11) is 3.53. The van der Waals surface area contributed by atoms with Crippen molar-refractivity contribution in [3.05, 3.63) is 42.0 Å². The van der Waals surface area contributed by atoms with Crippen LogP contribution in [0.5, 0.6) is 11.5 Å². The molecule has 2 aromatic rings. The van der Waals surface area contributed by atoms with Crippen molar-refractivity contribution in [1.82, 2.24) is 10.4 Å². The number of benzene rings is 2. The first-order valence-electron chi connectivity index (χ1n) is 6.88. The van der Waals surface area contributed by atoms with Gasteiger partial charge in [-0.3, -0.25) is 5.43 Å². The second-order valence-electron chi connectivity index (χ2n) is 5.20. The van der Waals surface area contributed by atoms with Crippen molar-refractivity contribution in [2.75, 3.05) is 19.4 Å². The number of hydrogen-bond acceptors (Lipinski definition) is 4. The monoisotopic (exact) mass is 315 g/mol. The van der Waals surface area contributed by atoms with Crippen molar-refractivity contribution >= 4 is 23.5 Å². The maximum Gasteiger partial charge on any atom is 0.333 e. The summed E-state index contributed by atoms with van der Waals surface area (Å²) < 4.78 is 5.93. The molecule has 5 nitrogen and oxygen atoms in total. The quantitative estimate of drug-likeness (QED) is 0.705. The number of aryl methyl sites for hydroxylation is 1. The summed E-state index contributed by atoms with van der Waals surface area (Å²) in [6, 6.07) is 11.5. The third-order valence-electron chi connectivity index (χ3n) is 3.17.